The molecule has 1 atom stereocenters. The minimum absolute atomic E-state index is 0.123. The third-order valence-electron chi connectivity index (χ3n) is 3.24. The lowest BCUT2D eigenvalue weighted by molar-refractivity contribution is -0.113. The van der Waals surface area contributed by atoms with Crippen LogP contribution in [0, 0.1) is 0 Å². The Morgan fingerprint density at radius 2 is 1.88 bits per heavy atom. The van der Waals surface area contributed by atoms with E-state index in [2.05, 4.69) is 5.32 Å². The lowest BCUT2D eigenvalue weighted by atomic mass is 10.1. The number of amides is 1. The number of nitrogens with one attached hydrogen (secondary N) is 1. The van der Waals surface area contributed by atoms with Crippen LogP contribution < -0.4 is 10.1 Å². The minimum Gasteiger partial charge on any atom is -0.494 e. The van der Waals surface area contributed by atoms with E-state index >= 15 is 0 Å². The summed E-state index contributed by atoms with van der Waals surface area (Å²) in [4.78, 5) is 22.9. The number of ether oxygens (including phenoxy) is 1. The fourth-order valence-corrected chi connectivity index (χ4v) is 3.19. The van der Waals surface area contributed by atoms with Gasteiger partial charge in [0.2, 0.25) is 5.91 Å². The van der Waals surface area contributed by atoms with Crippen molar-refractivity contribution in [1.29, 1.82) is 0 Å². The molecule has 0 spiro atoms. The van der Waals surface area contributed by atoms with E-state index in [1.807, 2.05) is 6.92 Å². The molecule has 132 valence electrons. The van der Waals surface area contributed by atoms with Gasteiger partial charge in [0.25, 0.3) is 0 Å². The van der Waals surface area contributed by atoms with Crippen molar-refractivity contribution in [2.75, 3.05) is 17.7 Å². The third-order valence-corrected chi connectivity index (χ3v) is 4.48. The van der Waals surface area contributed by atoms with Gasteiger partial charge in [0, 0.05) is 22.2 Å². The van der Waals surface area contributed by atoms with E-state index in [9.17, 15) is 13.8 Å². The van der Waals surface area contributed by atoms with Crippen LogP contribution in [0.2, 0.25) is 0 Å². The fraction of sp³-hybridized carbons (Fsp3) is 0.222. The summed E-state index contributed by atoms with van der Waals surface area (Å²) < 4.78 is 17.4. The lowest BCUT2D eigenvalue weighted by Crippen LogP contribution is -2.20. The van der Waals surface area contributed by atoms with Gasteiger partial charge in [-0.15, -0.1) is 0 Å². The number of hydrogen-bond donors (Lipinski definition) is 2. The Morgan fingerprint density at radius 1 is 1.16 bits per heavy atom. The topological polar surface area (TPSA) is 92.7 Å². The highest BCUT2D eigenvalue weighted by molar-refractivity contribution is 7.84. The van der Waals surface area contributed by atoms with Crippen LogP contribution >= 0.6 is 0 Å². The van der Waals surface area contributed by atoms with E-state index in [1.165, 1.54) is 12.1 Å². The van der Waals surface area contributed by atoms with Crippen molar-refractivity contribution in [3.05, 3.63) is 59.7 Å². The predicted molar refractivity (Wildman–Crippen MR) is 96.4 cm³/mol. The average Bonchev–Trinajstić information content (AvgIpc) is 2.57. The molecule has 6 nitrogen and oxygen atoms in total. The van der Waals surface area contributed by atoms with E-state index in [0.717, 1.165) is 0 Å². The fourth-order valence-electron chi connectivity index (χ4n) is 2.18. The minimum atomic E-state index is -1.43. The standard InChI is InChI=1S/C18H19NO5S/c1-2-24-16-8-6-15(7-9-16)19-17(20)12-25(23)11-13-4-3-5-14(10-13)18(21)22/h3-10H,2,11-12H2,1H3,(H,19,20)(H,21,22). The number of carbonyl (C=O) groups excluding carboxylic acids is 1. The first kappa shape index (κ1) is 18.7. The van der Waals surface area contributed by atoms with Crippen molar-refractivity contribution in [2.45, 2.75) is 12.7 Å². The molecule has 2 aromatic rings. The second kappa shape index (κ2) is 8.98. The number of rotatable bonds is 8. The van der Waals surface area contributed by atoms with Crippen LogP contribution in [0.3, 0.4) is 0 Å². The zero-order valence-electron chi connectivity index (χ0n) is 13.7. The van der Waals surface area contributed by atoms with Crippen LogP contribution in [0.15, 0.2) is 48.5 Å². The normalized spacial score (nSPS) is 11.6. The summed E-state index contributed by atoms with van der Waals surface area (Å²) in [5.41, 5.74) is 1.35. The van der Waals surface area contributed by atoms with Gasteiger partial charge in [-0.1, -0.05) is 12.1 Å². The molecule has 1 amide bonds. The van der Waals surface area contributed by atoms with Crippen molar-refractivity contribution >= 4 is 28.4 Å². The molecule has 0 aliphatic heterocycles. The third kappa shape index (κ3) is 6.04. The molecule has 25 heavy (non-hydrogen) atoms. The van der Waals surface area contributed by atoms with E-state index in [4.69, 9.17) is 9.84 Å². The molecule has 7 heteroatoms. The molecule has 2 rings (SSSR count). The number of anilines is 1. The molecule has 0 aromatic heterocycles. The van der Waals surface area contributed by atoms with Crippen LogP contribution in [-0.4, -0.2) is 33.6 Å². The van der Waals surface area contributed by atoms with Crippen molar-refractivity contribution < 1.29 is 23.6 Å². The Bertz CT molecular complexity index is 773. The summed E-state index contributed by atoms with van der Waals surface area (Å²) in [6, 6.07) is 13.1. The van der Waals surface area contributed by atoms with Gasteiger partial charge < -0.3 is 15.2 Å². The molecular formula is C18H19NO5S. The molecule has 0 radical (unpaired) electrons. The second-order valence-corrected chi connectivity index (χ2v) is 6.70. The highest BCUT2D eigenvalue weighted by atomic mass is 32.2. The van der Waals surface area contributed by atoms with E-state index in [0.29, 0.717) is 23.6 Å². The van der Waals surface area contributed by atoms with Crippen molar-refractivity contribution in [3.8, 4) is 5.75 Å². The maximum absolute atomic E-state index is 12.1. The molecule has 1 unspecified atom stereocenters. The molecule has 0 aliphatic carbocycles. The van der Waals surface area contributed by atoms with E-state index < -0.39 is 16.8 Å². The maximum Gasteiger partial charge on any atom is 0.335 e. The summed E-state index contributed by atoms with van der Waals surface area (Å²) in [6.07, 6.45) is 0. The zero-order valence-corrected chi connectivity index (χ0v) is 14.5. The highest BCUT2D eigenvalue weighted by Gasteiger charge is 2.11. The Labute approximate surface area is 148 Å². The van der Waals surface area contributed by atoms with Crippen LogP contribution in [0.1, 0.15) is 22.8 Å². The molecule has 0 saturated carbocycles. The summed E-state index contributed by atoms with van der Waals surface area (Å²) in [6.45, 7) is 2.45. The first-order chi connectivity index (χ1) is 12.0. The van der Waals surface area contributed by atoms with E-state index in [1.54, 1.807) is 36.4 Å². The molecule has 0 heterocycles. The molecule has 2 aromatic carbocycles. The molecule has 0 aliphatic rings. The number of benzene rings is 2. The Hall–Kier alpha value is -2.67. The summed E-state index contributed by atoms with van der Waals surface area (Å²) >= 11 is 0. The number of aromatic carboxylic acids is 1. The van der Waals surface area contributed by atoms with Gasteiger partial charge in [-0.2, -0.15) is 0 Å². The summed E-state index contributed by atoms with van der Waals surface area (Å²) in [5, 5.41) is 11.6. The zero-order chi connectivity index (χ0) is 18.2. The van der Waals surface area contributed by atoms with Gasteiger partial charge >= 0.3 is 5.97 Å². The van der Waals surface area contributed by atoms with Crippen LogP contribution in [0.25, 0.3) is 0 Å². The summed E-state index contributed by atoms with van der Waals surface area (Å²) in [7, 11) is -1.43. The van der Waals surface area contributed by atoms with Crippen molar-refractivity contribution in [2.24, 2.45) is 0 Å². The molecular weight excluding hydrogens is 342 g/mol. The SMILES string of the molecule is CCOc1ccc(NC(=O)CS(=O)Cc2cccc(C(=O)O)c2)cc1. The van der Waals surface area contributed by atoms with Crippen LogP contribution in [0.5, 0.6) is 5.75 Å². The molecule has 0 fully saturated rings. The van der Waals surface area contributed by atoms with Crippen LogP contribution in [-0.2, 0) is 21.3 Å². The van der Waals surface area contributed by atoms with Gasteiger partial charge in [-0.25, -0.2) is 4.79 Å². The van der Waals surface area contributed by atoms with Crippen LogP contribution in [0.4, 0.5) is 5.69 Å². The van der Waals surface area contributed by atoms with E-state index in [-0.39, 0.29) is 23.0 Å². The molecule has 0 bridgehead atoms. The highest BCUT2D eigenvalue weighted by Crippen LogP contribution is 2.15. The number of hydrogen-bond acceptors (Lipinski definition) is 4. The summed E-state index contributed by atoms with van der Waals surface area (Å²) in [5.74, 6) is -0.734. The Kier molecular flexibility index (Phi) is 6.71. The monoisotopic (exact) mass is 361 g/mol. The van der Waals surface area contributed by atoms with Gasteiger partial charge in [-0.3, -0.25) is 9.00 Å². The van der Waals surface area contributed by atoms with Gasteiger partial charge in [0.1, 0.15) is 11.5 Å². The predicted octanol–water partition coefficient (Wildman–Crippen LogP) is 2.67. The molecule has 2 N–H and O–H groups in total. The second-order valence-electron chi connectivity index (χ2n) is 5.24. The van der Waals surface area contributed by atoms with Gasteiger partial charge in [0.05, 0.1) is 12.2 Å². The van der Waals surface area contributed by atoms with Gasteiger partial charge in [0.15, 0.2) is 0 Å². The first-order valence-electron chi connectivity index (χ1n) is 7.68. The van der Waals surface area contributed by atoms with Gasteiger partial charge in [-0.05, 0) is 48.9 Å². The largest absolute Gasteiger partial charge is 0.494 e. The Balaban J connectivity index is 1.88. The quantitative estimate of drug-likeness (QED) is 0.754. The molecule has 0 saturated heterocycles. The number of carboxylic acid groups (broad SMARTS) is 1. The maximum atomic E-state index is 12.1. The first-order valence-corrected chi connectivity index (χ1v) is 9.16. The van der Waals surface area contributed by atoms with Crippen molar-refractivity contribution in [1.82, 2.24) is 0 Å². The number of carboxylic acids is 1. The number of carbonyl (C=O) groups is 2. The van der Waals surface area contributed by atoms with Crippen molar-refractivity contribution in [3.63, 3.8) is 0 Å². The smallest absolute Gasteiger partial charge is 0.335 e. The lowest BCUT2D eigenvalue weighted by Gasteiger charge is -2.07. The average molecular weight is 361 g/mol. The Morgan fingerprint density at radius 3 is 2.52 bits per heavy atom.